The summed E-state index contributed by atoms with van der Waals surface area (Å²) in [7, 11) is 0. The Bertz CT molecular complexity index is 618. The van der Waals surface area contributed by atoms with E-state index in [2.05, 4.69) is 0 Å². The molecule has 2 rings (SSSR count). The molecule has 0 unspecified atom stereocenters. The van der Waals surface area contributed by atoms with Crippen LogP contribution in [-0.4, -0.2) is 19.1 Å². The zero-order valence-electron chi connectivity index (χ0n) is 11.2. The van der Waals surface area contributed by atoms with E-state index >= 15 is 0 Å². The Labute approximate surface area is 128 Å². The molecule has 112 valence electrons. The molecular formula is C15H16ClFN2O2. The minimum Gasteiger partial charge on any atom is -0.492 e. The number of benzene rings is 2. The zero-order chi connectivity index (χ0) is 14.5. The quantitative estimate of drug-likeness (QED) is 0.889. The molecule has 0 heterocycles. The lowest BCUT2D eigenvalue weighted by molar-refractivity contribution is 0.100. The molecule has 0 saturated heterocycles. The highest BCUT2D eigenvalue weighted by molar-refractivity contribution is 5.94. The van der Waals surface area contributed by atoms with Crippen LogP contribution in [0.15, 0.2) is 42.5 Å². The van der Waals surface area contributed by atoms with Crippen molar-refractivity contribution in [1.29, 1.82) is 0 Å². The van der Waals surface area contributed by atoms with Crippen molar-refractivity contribution in [1.82, 2.24) is 0 Å². The van der Waals surface area contributed by atoms with Crippen molar-refractivity contribution in [2.24, 2.45) is 11.5 Å². The summed E-state index contributed by atoms with van der Waals surface area (Å²) in [6, 6.07) is 10.8. The van der Waals surface area contributed by atoms with Gasteiger partial charge >= 0.3 is 0 Å². The Hall–Kier alpha value is -2.11. The summed E-state index contributed by atoms with van der Waals surface area (Å²) in [5.41, 5.74) is 12.5. The van der Waals surface area contributed by atoms with E-state index in [1.54, 1.807) is 30.3 Å². The van der Waals surface area contributed by atoms with Crippen molar-refractivity contribution in [3.05, 3.63) is 53.8 Å². The van der Waals surface area contributed by atoms with Gasteiger partial charge in [0.25, 0.3) is 0 Å². The molecule has 1 amide bonds. The van der Waals surface area contributed by atoms with Crippen molar-refractivity contribution in [3.8, 4) is 16.9 Å². The Morgan fingerprint density at radius 3 is 2.38 bits per heavy atom. The van der Waals surface area contributed by atoms with Crippen LogP contribution in [0.4, 0.5) is 4.39 Å². The van der Waals surface area contributed by atoms with Gasteiger partial charge in [-0.15, -0.1) is 12.4 Å². The molecule has 0 aliphatic rings. The van der Waals surface area contributed by atoms with Crippen LogP contribution >= 0.6 is 12.4 Å². The van der Waals surface area contributed by atoms with Crippen LogP contribution in [0.3, 0.4) is 0 Å². The Morgan fingerprint density at radius 2 is 1.81 bits per heavy atom. The average Bonchev–Trinajstić information content (AvgIpc) is 2.45. The first-order valence-corrected chi connectivity index (χ1v) is 6.14. The summed E-state index contributed by atoms with van der Waals surface area (Å²) in [6.45, 7) is 0.727. The number of nitrogens with two attached hydrogens (primary N) is 2. The van der Waals surface area contributed by atoms with Gasteiger partial charge in [0.1, 0.15) is 18.2 Å². The van der Waals surface area contributed by atoms with Crippen molar-refractivity contribution in [2.75, 3.05) is 13.2 Å². The summed E-state index contributed by atoms with van der Waals surface area (Å²) < 4.78 is 18.5. The lowest BCUT2D eigenvalue weighted by atomic mass is 10.0. The standard InChI is InChI=1S/C15H15FN2O2.ClH/c16-12-4-1-10(2-5-12)13-9-11(15(18)19)3-6-14(13)20-8-7-17;/h1-6,9H,7-8,17H2,(H2,18,19);1H. The fourth-order valence-corrected chi connectivity index (χ4v) is 1.83. The third kappa shape index (κ3) is 4.18. The molecule has 0 bridgehead atoms. The highest BCUT2D eigenvalue weighted by Gasteiger charge is 2.10. The van der Waals surface area contributed by atoms with Crippen LogP contribution in [0, 0.1) is 5.82 Å². The van der Waals surface area contributed by atoms with E-state index in [4.69, 9.17) is 16.2 Å². The predicted octanol–water partition coefficient (Wildman–Crippen LogP) is 2.35. The van der Waals surface area contributed by atoms with E-state index in [0.29, 0.717) is 30.0 Å². The maximum atomic E-state index is 13.0. The van der Waals surface area contributed by atoms with E-state index in [0.717, 1.165) is 5.56 Å². The SMILES string of the molecule is Cl.NCCOc1ccc(C(N)=O)cc1-c1ccc(F)cc1. The average molecular weight is 311 g/mol. The van der Waals surface area contributed by atoms with Crippen LogP contribution in [-0.2, 0) is 0 Å². The Kier molecular flexibility index (Phi) is 6.14. The first kappa shape index (κ1) is 16.9. The molecule has 6 heteroatoms. The van der Waals surface area contributed by atoms with Crippen LogP contribution < -0.4 is 16.2 Å². The van der Waals surface area contributed by atoms with Gasteiger partial charge in [-0.05, 0) is 35.9 Å². The largest absolute Gasteiger partial charge is 0.492 e. The number of halogens is 2. The number of carbonyl (C=O) groups excluding carboxylic acids is 1. The summed E-state index contributed by atoms with van der Waals surface area (Å²) in [6.07, 6.45) is 0. The number of primary amides is 1. The molecule has 4 N–H and O–H groups in total. The first-order valence-electron chi connectivity index (χ1n) is 6.14. The lowest BCUT2D eigenvalue weighted by Gasteiger charge is -2.12. The molecule has 0 aromatic heterocycles. The molecule has 0 aliphatic heterocycles. The van der Waals surface area contributed by atoms with E-state index in [9.17, 15) is 9.18 Å². The van der Waals surface area contributed by atoms with Gasteiger partial charge in [0.2, 0.25) is 5.91 Å². The van der Waals surface area contributed by atoms with Gasteiger partial charge in [0.15, 0.2) is 0 Å². The van der Waals surface area contributed by atoms with Crippen molar-refractivity contribution < 1.29 is 13.9 Å². The van der Waals surface area contributed by atoms with Crippen LogP contribution in [0.2, 0.25) is 0 Å². The molecule has 0 atom stereocenters. The second kappa shape index (κ2) is 7.61. The second-order valence-electron chi connectivity index (χ2n) is 4.22. The van der Waals surface area contributed by atoms with E-state index < -0.39 is 5.91 Å². The molecule has 0 saturated carbocycles. The Morgan fingerprint density at radius 1 is 1.14 bits per heavy atom. The lowest BCUT2D eigenvalue weighted by Crippen LogP contribution is -2.13. The number of ether oxygens (including phenoxy) is 1. The number of hydrogen-bond acceptors (Lipinski definition) is 3. The molecule has 2 aromatic carbocycles. The van der Waals surface area contributed by atoms with Crippen LogP contribution in [0.1, 0.15) is 10.4 Å². The molecule has 0 radical (unpaired) electrons. The summed E-state index contributed by atoms with van der Waals surface area (Å²) in [4.78, 5) is 11.3. The van der Waals surface area contributed by atoms with E-state index in [1.807, 2.05) is 0 Å². The van der Waals surface area contributed by atoms with Crippen LogP contribution in [0.5, 0.6) is 5.75 Å². The van der Waals surface area contributed by atoms with Gasteiger partial charge in [-0.25, -0.2) is 4.39 Å². The van der Waals surface area contributed by atoms with Crippen molar-refractivity contribution >= 4 is 18.3 Å². The topological polar surface area (TPSA) is 78.3 Å². The smallest absolute Gasteiger partial charge is 0.248 e. The fraction of sp³-hybridized carbons (Fsp3) is 0.133. The van der Waals surface area contributed by atoms with Gasteiger partial charge in [-0.1, -0.05) is 12.1 Å². The van der Waals surface area contributed by atoms with Crippen molar-refractivity contribution in [2.45, 2.75) is 0 Å². The molecule has 4 nitrogen and oxygen atoms in total. The van der Waals surface area contributed by atoms with Gasteiger partial charge in [-0.2, -0.15) is 0 Å². The minimum atomic E-state index is -0.529. The number of hydrogen-bond donors (Lipinski definition) is 2. The van der Waals surface area contributed by atoms with Crippen molar-refractivity contribution in [3.63, 3.8) is 0 Å². The molecule has 21 heavy (non-hydrogen) atoms. The summed E-state index contributed by atoms with van der Waals surface area (Å²) in [5, 5.41) is 0. The minimum absolute atomic E-state index is 0. The summed E-state index contributed by atoms with van der Waals surface area (Å²) >= 11 is 0. The molecule has 0 aliphatic carbocycles. The number of carbonyl (C=O) groups is 1. The molecule has 2 aromatic rings. The second-order valence-corrected chi connectivity index (χ2v) is 4.22. The zero-order valence-corrected chi connectivity index (χ0v) is 12.0. The van der Waals surface area contributed by atoms with Gasteiger partial charge < -0.3 is 16.2 Å². The molecular weight excluding hydrogens is 295 g/mol. The summed E-state index contributed by atoms with van der Waals surface area (Å²) in [5.74, 6) is -0.282. The third-order valence-electron chi connectivity index (χ3n) is 2.79. The van der Waals surface area contributed by atoms with Gasteiger partial charge in [0.05, 0.1) is 0 Å². The maximum Gasteiger partial charge on any atom is 0.248 e. The van der Waals surface area contributed by atoms with E-state index in [1.165, 1.54) is 12.1 Å². The highest BCUT2D eigenvalue weighted by Crippen LogP contribution is 2.31. The number of rotatable bonds is 5. The van der Waals surface area contributed by atoms with Crippen LogP contribution in [0.25, 0.3) is 11.1 Å². The first-order chi connectivity index (χ1) is 9.61. The highest BCUT2D eigenvalue weighted by atomic mass is 35.5. The fourth-order valence-electron chi connectivity index (χ4n) is 1.83. The maximum absolute atomic E-state index is 13.0. The molecule has 0 spiro atoms. The van der Waals surface area contributed by atoms with Gasteiger partial charge in [0, 0.05) is 17.7 Å². The van der Waals surface area contributed by atoms with E-state index in [-0.39, 0.29) is 18.2 Å². The number of amides is 1. The molecule has 0 fully saturated rings. The normalized spacial score (nSPS) is 9.81. The monoisotopic (exact) mass is 310 g/mol. The predicted molar refractivity (Wildman–Crippen MR) is 82.2 cm³/mol. The van der Waals surface area contributed by atoms with Gasteiger partial charge in [-0.3, -0.25) is 4.79 Å². The Balaban J connectivity index is 0.00000220. The third-order valence-corrected chi connectivity index (χ3v) is 2.79.